The van der Waals surface area contributed by atoms with Gasteiger partial charge in [0.2, 0.25) is 0 Å². The van der Waals surface area contributed by atoms with Gasteiger partial charge in [0.05, 0.1) is 21.3 Å². The zero-order valence-corrected chi connectivity index (χ0v) is 15.0. The highest BCUT2D eigenvalue weighted by Crippen LogP contribution is 2.42. The van der Waals surface area contributed by atoms with Gasteiger partial charge in [-0.2, -0.15) is 0 Å². The summed E-state index contributed by atoms with van der Waals surface area (Å²) >= 11 is 0. The third-order valence-electron chi connectivity index (χ3n) is 3.76. The Kier molecular flexibility index (Phi) is 7.64. The van der Waals surface area contributed by atoms with Gasteiger partial charge in [0.1, 0.15) is 29.0 Å². The van der Waals surface area contributed by atoms with Crippen molar-refractivity contribution in [2.24, 2.45) is 5.73 Å². The van der Waals surface area contributed by atoms with Crippen molar-refractivity contribution in [3.63, 3.8) is 0 Å². The molecule has 1 rings (SSSR count). The van der Waals surface area contributed by atoms with E-state index >= 15 is 0 Å². The number of benzene rings is 1. The molecule has 0 radical (unpaired) electrons. The van der Waals surface area contributed by atoms with Crippen LogP contribution < -0.4 is 30.2 Å². The number of nitrogens with two attached hydrogens (primary N) is 1. The molecule has 0 unspecified atom stereocenters. The molecule has 25 heavy (non-hydrogen) atoms. The van der Waals surface area contributed by atoms with E-state index in [4.69, 9.17) is 25.4 Å². The molecule has 9 nitrogen and oxygen atoms in total. The van der Waals surface area contributed by atoms with Crippen molar-refractivity contribution in [2.75, 3.05) is 39.8 Å². The van der Waals surface area contributed by atoms with Crippen LogP contribution in [0.5, 0.6) is 17.2 Å². The van der Waals surface area contributed by atoms with Crippen LogP contribution in [0.1, 0.15) is 12.8 Å². The third-order valence-corrected chi connectivity index (χ3v) is 3.76. The summed E-state index contributed by atoms with van der Waals surface area (Å²) in [5, 5.41) is 19.4. The Labute approximate surface area is 147 Å². The zero-order valence-electron chi connectivity index (χ0n) is 15.0. The molecule has 0 aliphatic heterocycles. The molecule has 0 saturated heterocycles. The van der Waals surface area contributed by atoms with Gasteiger partial charge < -0.3 is 35.3 Å². The summed E-state index contributed by atoms with van der Waals surface area (Å²) in [6, 6.07) is 2.54. The van der Waals surface area contributed by atoms with Crippen LogP contribution in [0.15, 0.2) is 12.1 Å². The number of aliphatic carboxylic acids is 1. The second-order valence-electron chi connectivity index (χ2n) is 5.33. The summed E-state index contributed by atoms with van der Waals surface area (Å²) in [5.41, 5.74) is 5.75. The number of guanidine groups is 1. The fourth-order valence-electron chi connectivity index (χ4n) is 2.49. The summed E-state index contributed by atoms with van der Waals surface area (Å²) in [4.78, 5) is 13.3. The van der Waals surface area contributed by atoms with Crippen LogP contribution in [0.3, 0.4) is 0 Å². The van der Waals surface area contributed by atoms with Crippen molar-refractivity contribution in [3.8, 4) is 17.2 Å². The molecule has 0 saturated carbocycles. The van der Waals surface area contributed by atoms with E-state index in [1.54, 1.807) is 24.1 Å². The Balaban J connectivity index is 3.09. The van der Waals surface area contributed by atoms with Gasteiger partial charge in [-0.25, -0.2) is 4.79 Å². The molecular formula is C16H26N4O5. The van der Waals surface area contributed by atoms with E-state index in [0.29, 0.717) is 42.3 Å². The first-order chi connectivity index (χ1) is 11.8. The molecule has 9 heteroatoms. The quantitative estimate of drug-likeness (QED) is 0.277. The maximum atomic E-state index is 11.7. The monoisotopic (exact) mass is 354 g/mol. The van der Waals surface area contributed by atoms with Crippen LogP contribution >= 0.6 is 0 Å². The van der Waals surface area contributed by atoms with Crippen LogP contribution in [0.25, 0.3) is 0 Å². The average molecular weight is 354 g/mol. The van der Waals surface area contributed by atoms with Crippen molar-refractivity contribution in [1.82, 2.24) is 5.32 Å². The number of anilines is 1. The van der Waals surface area contributed by atoms with E-state index in [9.17, 15) is 9.90 Å². The molecule has 0 aliphatic rings. The van der Waals surface area contributed by atoms with Crippen molar-refractivity contribution in [2.45, 2.75) is 18.9 Å². The van der Waals surface area contributed by atoms with E-state index < -0.39 is 12.0 Å². The normalized spacial score (nSPS) is 11.4. The van der Waals surface area contributed by atoms with E-state index in [1.807, 2.05) is 0 Å². The number of rotatable bonds is 10. The molecule has 0 heterocycles. The lowest BCUT2D eigenvalue weighted by Crippen LogP contribution is -2.40. The molecule has 0 bridgehead atoms. The maximum absolute atomic E-state index is 11.7. The van der Waals surface area contributed by atoms with Crippen molar-refractivity contribution < 1.29 is 24.1 Å². The molecule has 1 aromatic rings. The van der Waals surface area contributed by atoms with Crippen LogP contribution in [0.2, 0.25) is 0 Å². The lowest BCUT2D eigenvalue weighted by molar-refractivity contribution is -0.138. The minimum atomic E-state index is -0.967. The van der Waals surface area contributed by atoms with Gasteiger partial charge in [-0.3, -0.25) is 5.41 Å². The fourth-order valence-corrected chi connectivity index (χ4v) is 2.49. The molecule has 0 fully saturated rings. The summed E-state index contributed by atoms with van der Waals surface area (Å²) in [6.45, 7) is 0.420. The van der Waals surface area contributed by atoms with Gasteiger partial charge in [-0.15, -0.1) is 0 Å². The second kappa shape index (κ2) is 9.45. The van der Waals surface area contributed by atoms with Crippen LogP contribution in [-0.2, 0) is 4.79 Å². The van der Waals surface area contributed by atoms with Crippen LogP contribution in [0, 0.1) is 5.41 Å². The van der Waals surface area contributed by atoms with E-state index in [-0.39, 0.29) is 5.96 Å². The molecule has 5 N–H and O–H groups in total. The second-order valence-corrected chi connectivity index (χ2v) is 5.33. The molecule has 0 amide bonds. The molecule has 0 aliphatic carbocycles. The number of ether oxygens (including phenoxy) is 3. The van der Waals surface area contributed by atoms with Crippen molar-refractivity contribution in [1.29, 1.82) is 5.41 Å². The van der Waals surface area contributed by atoms with Gasteiger partial charge in [0.15, 0.2) is 5.96 Å². The summed E-state index contributed by atoms with van der Waals surface area (Å²) < 4.78 is 16.0. The Hall–Kier alpha value is -2.84. The molecule has 0 aromatic heterocycles. The number of carbonyl (C=O) groups is 1. The Morgan fingerprint density at radius 3 is 2.24 bits per heavy atom. The number of methoxy groups -OCH3 is 3. The number of nitrogens with zero attached hydrogens (tertiary/aromatic N) is 1. The SMILES string of the molecule is COc1cc(OC)c(N(C)[C@@H](CCCNC(=N)N)C(=O)O)c(OC)c1. The predicted octanol–water partition coefficient (Wildman–Crippen LogP) is 0.865. The first kappa shape index (κ1) is 20.2. The number of hydrogen-bond acceptors (Lipinski definition) is 6. The number of nitrogens with one attached hydrogen (secondary N) is 2. The van der Waals surface area contributed by atoms with Gasteiger partial charge in [0.25, 0.3) is 0 Å². The predicted molar refractivity (Wildman–Crippen MR) is 95.1 cm³/mol. The number of likely N-dealkylation sites (N-methyl/N-ethyl adjacent to an activating group) is 1. The summed E-state index contributed by atoms with van der Waals surface area (Å²) in [6.07, 6.45) is 0.881. The summed E-state index contributed by atoms with van der Waals surface area (Å²) in [5.74, 6) is 0.339. The minimum Gasteiger partial charge on any atom is -0.496 e. The number of carboxylic acids is 1. The Bertz CT molecular complexity index is 583. The van der Waals surface area contributed by atoms with Gasteiger partial charge in [0, 0.05) is 25.7 Å². The molecule has 140 valence electrons. The van der Waals surface area contributed by atoms with E-state index in [2.05, 4.69) is 5.32 Å². The third kappa shape index (κ3) is 5.33. The zero-order chi connectivity index (χ0) is 19.0. The lowest BCUT2D eigenvalue weighted by Gasteiger charge is -2.30. The minimum absolute atomic E-state index is 0.140. The highest BCUT2D eigenvalue weighted by molar-refractivity contribution is 5.81. The van der Waals surface area contributed by atoms with Gasteiger partial charge in [-0.1, -0.05) is 0 Å². The Morgan fingerprint density at radius 2 is 1.84 bits per heavy atom. The highest BCUT2D eigenvalue weighted by atomic mass is 16.5. The standard InChI is InChI=1S/C16H26N4O5/c1-20(11(15(21)22)6-5-7-19-16(17)18)14-12(24-3)8-10(23-2)9-13(14)25-4/h8-9,11H,5-7H2,1-4H3,(H,21,22)(H4,17,18,19)/t11-/m0/s1. The maximum Gasteiger partial charge on any atom is 0.326 e. The molecule has 1 aromatic carbocycles. The van der Waals surface area contributed by atoms with E-state index in [0.717, 1.165) is 0 Å². The van der Waals surface area contributed by atoms with Crippen molar-refractivity contribution >= 4 is 17.6 Å². The molecule has 1 atom stereocenters. The van der Waals surface area contributed by atoms with Gasteiger partial charge in [-0.05, 0) is 12.8 Å². The largest absolute Gasteiger partial charge is 0.496 e. The molecule has 0 spiro atoms. The first-order valence-electron chi connectivity index (χ1n) is 7.69. The number of hydrogen-bond donors (Lipinski definition) is 4. The topological polar surface area (TPSA) is 130 Å². The average Bonchev–Trinajstić information content (AvgIpc) is 2.59. The van der Waals surface area contributed by atoms with E-state index in [1.165, 1.54) is 21.3 Å². The lowest BCUT2D eigenvalue weighted by atomic mass is 10.1. The van der Waals surface area contributed by atoms with Crippen LogP contribution in [-0.4, -0.2) is 58.0 Å². The highest BCUT2D eigenvalue weighted by Gasteiger charge is 2.27. The van der Waals surface area contributed by atoms with Gasteiger partial charge >= 0.3 is 5.97 Å². The summed E-state index contributed by atoms with van der Waals surface area (Å²) in [7, 11) is 6.19. The number of carboxylic acid groups (broad SMARTS) is 1. The first-order valence-corrected chi connectivity index (χ1v) is 7.69. The van der Waals surface area contributed by atoms with Crippen LogP contribution in [0.4, 0.5) is 5.69 Å². The smallest absolute Gasteiger partial charge is 0.326 e. The Morgan fingerprint density at radius 1 is 1.28 bits per heavy atom. The fraction of sp³-hybridized carbons (Fsp3) is 0.500. The van der Waals surface area contributed by atoms with Crippen molar-refractivity contribution in [3.05, 3.63) is 12.1 Å². The molecular weight excluding hydrogens is 328 g/mol.